The third-order valence-electron chi connectivity index (χ3n) is 4.33. The summed E-state index contributed by atoms with van der Waals surface area (Å²) >= 11 is 11.4. The number of nitrogens with one attached hydrogen (secondary N) is 1. The van der Waals surface area contributed by atoms with Gasteiger partial charge in [0, 0.05) is 28.7 Å². The van der Waals surface area contributed by atoms with Crippen molar-refractivity contribution in [2.24, 2.45) is 0 Å². The van der Waals surface area contributed by atoms with Crippen LogP contribution in [-0.2, 0) is 11.3 Å². The van der Waals surface area contributed by atoms with E-state index in [9.17, 15) is 9.59 Å². The number of amides is 1. The van der Waals surface area contributed by atoms with Crippen LogP contribution in [0.3, 0.4) is 0 Å². The van der Waals surface area contributed by atoms with Crippen LogP contribution < -0.4 is 10.2 Å². The average molecular weight is 454 g/mol. The van der Waals surface area contributed by atoms with Crippen LogP contribution in [0.25, 0.3) is 0 Å². The summed E-state index contributed by atoms with van der Waals surface area (Å²) in [6.45, 7) is 2.44. The van der Waals surface area contributed by atoms with Gasteiger partial charge in [0.05, 0.1) is 18.7 Å². The maximum Gasteiger partial charge on any atom is 0.338 e. The third-order valence-corrected chi connectivity index (χ3v) is 4.90. The largest absolute Gasteiger partial charge is 0.462 e. The summed E-state index contributed by atoms with van der Waals surface area (Å²) in [7, 11) is 0. The van der Waals surface area contributed by atoms with Crippen LogP contribution in [0, 0.1) is 0 Å². The highest BCUT2D eigenvalue weighted by atomic mass is 35.5. The van der Waals surface area contributed by atoms with Gasteiger partial charge in [0.25, 0.3) is 5.91 Å². The summed E-state index contributed by atoms with van der Waals surface area (Å²) in [6, 6.07) is 17.1. The van der Waals surface area contributed by atoms with E-state index in [2.05, 4.69) is 10.3 Å². The van der Waals surface area contributed by atoms with Crippen molar-refractivity contribution in [3.8, 4) is 0 Å². The number of thiocarbonyl (C=S) groups is 1. The van der Waals surface area contributed by atoms with Gasteiger partial charge in [-0.2, -0.15) is 0 Å². The number of esters is 1. The topological polar surface area (TPSA) is 71.5 Å². The minimum absolute atomic E-state index is 0.215. The standard InChI is InChI=1S/C23H20ClN3O3S/c1-2-30-22(29)18-7-11-20(12-8-18)27(15-16-4-3-13-25-14-16)23(31)26-21(28)17-5-9-19(24)10-6-17/h3-14H,2,15H2,1H3,(H,26,28,31). The zero-order valence-electron chi connectivity index (χ0n) is 16.7. The van der Waals surface area contributed by atoms with E-state index in [1.54, 1.807) is 72.7 Å². The van der Waals surface area contributed by atoms with Crippen LogP contribution >= 0.6 is 23.8 Å². The van der Waals surface area contributed by atoms with Crippen molar-refractivity contribution in [1.82, 2.24) is 10.3 Å². The van der Waals surface area contributed by atoms with Gasteiger partial charge < -0.3 is 9.64 Å². The number of aromatic nitrogens is 1. The van der Waals surface area contributed by atoms with Gasteiger partial charge in [0.2, 0.25) is 0 Å². The maximum atomic E-state index is 12.6. The van der Waals surface area contributed by atoms with Gasteiger partial charge in [-0.1, -0.05) is 17.7 Å². The second kappa shape index (κ2) is 10.7. The molecule has 3 aromatic rings. The molecule has 0 fully saturated rings. The number of rotatable bonds is 6. The van der Waals surface area contributed by atoms with Crippen molar-refractivity contribution in [3.05, 3.63) is 94.8 Å². The van der Waals surface area contributed by atoms with Crippen LogP contribution in [0.4, 0.5) is 5.69 Å². The minimum Gasteiger partial charge on any atom is -0.462 e. The van der Waals surface area contributed by atoms with E-state index in [1.807, 2.05) is 12.1 Å². The van der Waals surface area contributed by atoms with Crippen molar-refractivity contribution in [2.75, 3.05) is 11.5 Å². The second-order valence-corrected chi connectivity index (χ2v) is 7.30. The van der Waals surface area contributed by atoms with E-state index in [-0.39, 0.29) is 11.0 Å². The fourth-order valence-electron chi connectivity index (χ4n) is 2.78. The molecule has 1 aromatic heterocycles. The van der Waals surface area contributed by atoms with Crippen LogP contribution in [0.2, 0.25) is 5.02 Å². The summed E-state index contributed by atoms with van der Waals surface area (Å²) in [4.78, 5) is 30.5. The monoisotopic (exact) mass is 453 g/mol. The number of carbonyl (C=O) groups excluding carboxylic acids is 2. The Morgan fingerprint density at radius 1 is 1.06 bits per heavy atom. The highest BCUT2D eigenvalue weighted by Gasteiger charge is 2.17. The first-order valence-corrected chi connectivity index (χ1v) is 10.3. The molecule has 0 atom stereocenters. The smallest absolute Gasteiger partial charge is 0.338 e. The van der Waals surface area contributed by atoms with E-state index in [0.717, 1.165) is 5.56 Å². The van der Waals surface area contributed by atoms with Crippen molar-refractivity contribution in [3.63, 3.8) is 0 Å². The summed E-state index contributed by atoms with van der Waals surface area (Å²) in [5.41, 5.74) is 2.48. The lowest BCUT2D eigenvalue weighted by atomic mass is 10.2. The Balaban J connectivity index is 1.83. The molecule has 1 heterocycles. The molecule has 1 amide bonds. The Morgan fingerprint density at radius 3 is 2.35 bits per heavy atom. The highest BCUT2D eigenvalue weighted by molar-refractivity contribution is 7.80. The molecule has 8 heteroatoms. The summed E-state index contributed by atoms with van der Waals surface area (Å²) in [5.74, 6) is -0.743. The van der Waals surface area contributed by atoms with E-state index < -0.39 is 5.97 Å². The van der Waals surface area contributed by atoms with Crippen molar-refractivity contribution >= 4 is 46.5 Å². The van der Waals surface area contributed by atoms with Gasteiger partial charge >= 0.3 is 5.97 Å². The quantitative estimate of drug-likeness (QED) is 0.433. The van der Waals surface area contributed by atoms with Gasteiger partial charge in [0.1, 0.15) is 0 Å². The van der Waals surface area contributed by atoms with Crippen LogP contribution in [0.15, 0.2) is 73.1 Å². The zero-order valence-corrected chi connectivity index (χ0v) is 18.3. The second-order valence-electron chi connectivity index (χ2n) is 6.48. The summed E-state index contributed by atoms with van der Waals surface area (Å²) < 4.78 is 5.03. The molecular weight excluding hydrogens is 434 g/mol. The number of ether oxygens (including phenoxy) is 1. The number of halogens is 1. The molecule has 3 rings (SSSR count). The normalized spacial score (nSPS) is 10.3. The first-order chi connectivity index (χ1) is 15.0. The molecule has 0 saturated heterocycles. The first kappa shape index (κ1) is 22.4. The first-order valence-electron chi connectivity index (χ1n) is 9.52. The molecule has 6 nitrogen and oxygen atoms in total. The number of carbonyl (C=O) groups is 2. The number of hydrogen-bond acceptors (Lipinski definition) is 5. The van der Waals surface area contributed by atoms with E-state index >= 15 is 0 Å². The number of nitrogens with zero attached hydrogens (tertiary/aromatic N) is 2. The molecule has 31 heavy (non-hydrogen) atoms. The molecule has 0 bridgehead atoms. The average Bonchev–Trinajstić information content (AvgIpc) is 2.79. The molecule has 1 N–H and O–H groups in total. The summed E-state index contributed by atoms with van der Waals surface area (Å²) in [5, 5.41) is 3.51. The van der Waals surface area contributed by atoms with Gasteiger partial charge in [0.15, 0.2) is 5.11 Å². The zero-order chi connectivity index (χ0) is 22.2. The van der Waals surface area contributed by atoms with Gasteiger partial charge in [-0.25, -0.2) is 4.79 Å². The van der Waals surface area contributed by atoms with Crippen molar-refractivity contribution < 1.29 is 14.3 Å². The molecule has 0 aliphatic heterocycles. The van der Waals surface area contributed by atoms with Crippen LogP contribution in [0.5, 0.6) is 0 Å². The molecule has 0 radical (unpaired) electrons. The van der Waals surface area contributed by atoms with Crippen LogP contribution in [-0.4, -0.2) is 28.6 Å². The number of benzene rings is 2. The van der Waals surface area contributed by atoms with Gasteiger partial charge in [-0.3, -0.25) is 15.1 Å². The van der Waals surface area contributed by atoms with Crippen molar-refractivity contribution in [2.45, 2.75) is 13.5 Å². The summed E-state index contributed by atoms with van der Waals surface area (Å²) in [6.07, 6.45) is 3.41. The fourth-order valence-corrected chi connectivity index (χ4v) is 3.17. The molecular formula is C23H20ClN3O3S. The van der Waals surface area contributed by atoms with E-state index in [0.29, 0.717) is 35.0 Å². The SMILES string of the molecule is CCOC(=O)c1ccc(N(Cc2cccnc2)C(=S)NC(=O)c2ccc(Cl)cc2)cc1. The van der Waals surface area contributed by atoms with Crippen molar-refractivity contribution in [1.29, 1.82) is 0 Å². The Bertz CT molecular complexity index is 1060. The molecule has 158 valence electrons. The fraction of sp³-hybridized carbons (Fsp3) is 0.130. The Hall–Kier alpha value is -3.29. The minimum atomic E-state index is -0.397. The van der Waals surface area contributed by atoms with Gasteiger partial charge in [-0.05, 0) is 79.3 Å². The predicted octanol–water partition coefficient (Wildman–Crippen LogP) is 4.63. The Labute approximate surface area is 190 Å². The molecule has 0 saturated carbocycles. The lowest BCUT2D eigenvalue weighted by Gasteiger charge is -2.26. The lowest BCUT2D eigenvalue weighted by Crippen LogP contribution is -2.42. The molecule has 0 spiro atoms. The van der Waals surface area contributed by atoms with E-state index in [1.165, 1.54) is 0 Å². The van der Waals surface area contributed by atoms with Gasteiger partial charge in [-0.15, -0.1) is 0 Å². The molecule has 0 unspecified atom stereocenters. The Kier molecular flexibility index (Phi) is 7.70. The third kappa shape index (κ3) is 6.10. The Morgan fingerprint density at radius 2 is 1.74 bits per heavy atom. The molecule has 2 aromatic carbocycles. The number of anilines is 1. The predicted molar refractivity (Wildman–Crippen MR) is 124 cm³/mol. The number of hydrogen-bond donors (Lipinski definition) is 1. The molecule has 0 aliphatic carbocycles. The maximum absolute atomic E-state index is 12.6. The lowest BCUT2D eigenvalue weighted by molar-refractivity contribution is 0.0526. The van der Waals surface area contributed by atoms with E-state index in [4.69, 9.17) is 28.6 Å². The highest BCUT2D eigenvalue weighted by Crippen LogP contribution is 2.19. The van der Waals surface area contributed by atoms with Crippen LogP contribution in [0.1, 0.15) is 33.2 Å². The molecule has 0 aliphatic rings. The number of pyridine rings is 1.